The lowest BCUT2D eigenvalue weighted by atomic mass is 10.1. The van der Waals surface area contributed by atoms with Crippen molar-refractivity contribution in [3.8, 4) is 0 Å². The van der Waals surface area contributed by atoms with Gasteiger partial charge in [0.05, 0.1) is 6.54 Å². The Bertz CT molecular complexity index is 954. The van der Waals surface area contributed by atoms with Crippen molar-refractivity contribution in [2.75, 3.05) is 18.0 Å². The molecule has 0 aromatic carbocycles. The number of rotatable bonds is 3. The first-order valence-corrected chi connectivity index (χ1v) is 8.70. The van der Waals surface area contributed by atoms with Gasteiger partial charge in [-0.3, -0.25) is 18.5 Å². The number of allylic oxidation sites excluding steroid dienone is 2. The molecule has 0 aliphatic carbocycles. The Morgan fingerprint density at radius 3 is 2.72 bits per heavy atom. The van der Waals surface area contributed by atoms with Gasteiger partial charge in [-0.25, -0.2) is 4.79 Å². The highest BCUT2D eigenvalue weighted by Crippen LogP contribution is 2.24. The van der Waals surface area contributed by atoms with Crippen LogP contribution in [-0.2, 0) is 20.6 Å². The van der Waals surface area contributed by atoms with E-state index < -0.39 is 5.69 Å². The van der Waals surface area contributed by atoms with Gasteiger partial charge in [-0.15, -0.1) is 0 Å². The average Bonchev–Trinajstić information content (AvgIpc) is 2.97. The smallest absolute Gasteiger partial charge is 0.332 e. The maximum Gasteiger partial charge on any atom is 0.332 e. The van der Waals surface area contributed by atoms with Crippen LogP contribution in [0.25, 0.3) is 11.2 Å². The summed E-state index contributed by atoms with van der Waals surface area (Å²) in [7, 11) is 3.08. The Balaban J connectivity index is 2.30. The fraction of sp³-hybridized carbons (Fsp3) is 0.562. The Morgan fingerprint density at radius 2 is 2.08 bits per heavy atom. The van der Waals surface area contributed by atoms with Crippen molar-refractivity contribution in [3.05, 3.63) is 31.9 Å². The third-order valence-electron chi connectivity index (χ3n) is 4.69. The maximum atomic E-state index is 12.7. The van der Waals surface area contributed by atoms with Crippen molar-refractivity contribution in [1.82, 2.24) is 18.7 Å². The van der Waals surface area contributed by atoms with Crippen LogP contribution < -0.4 is 21.9 Å². The van der Waals surface area contributed by atoms with Gasteiger partial charge in [0.2, 0.25) is 5.95 Å². The van der Waals surface area contributed by atoms with Crippen LogP contribution in [0.1, 0.15) is 19.8 Å². The summed E-state index contributed by atoms with van der Waals surface area (Å²) < 4.78 is 4.28. The number of nitrogens with zero attached hydrogens (tertiary/aromatic N) is 5. The lowest BCUT2D eigenvalue weighted by Gasteiger charge is -2.31. The van der Waals surface area contributed by atoms with Gasteiger partial charge in [-0.2, -0.15) is 4.98 Å². The number of imidazole rings is 1. The molecule has 9 heteroatoms. The summed E-state index contributed by atoms with van der Waals surface area (Å²) >= 11 is 6.25. The van der Waals surface area contributed by atoms with Crippen molar-refractivity contribution < 1.29 is 0 Å². The number of aryl methyl sites for hydroxylation is 1. The lowest BCUT2D eigenvalue weighted by molar-refractivity contribution is 0.495. The predicted molar refractivity (Wildman–Crippen MR) is 99.2 cm³/mol. The molecular weight excluding hydrogens is 344 g/mol. The van der Waals surface area contributed by atoms with E-state index in [1.165, 1.54) is 11.6 Å². The molecule has 0 radical (unpaired) electrons. The molecule has 3 rings (SSSR count). The predicted octanol–water partition coefficient (Wildman–Crippen LogP) is 0.504. The Kier molecular flexibility index (Phi) is 4.75. The number of fused-ring (bicyclic) bond motifs is 1. The van der Waals surface area contributed by atoms with E-state index in [-0.39, 0.29) is 11.6 Å². The average molecular weight is 367 g/mol. The summed E-state index contributed by atoms with van der Waals surface area (Å²) in [5, 5.41) is 0.595. The number of aromatic nitrogens is 4. The highest BCUT2D eigenvalue weighted by molar-refractivity contribution is 6.29. The molecule has 2 aromatic heterocycles. The molecule has 1 saturated heterocycles. The van der Waals surface area contributed by atoms with Gasteiger partial charge >= 0.3 is 5.69 Å². The van der Waals surface area contributed by atoms with E-state index in [9.17, 15) is 9.59 Å². The van der Waals surface area contributed by atoms with Crippen LogP contribution in [-0.4, -0.2) is 37.8 Å². The largest absolute Gasteiger partial charge is 0.341 e. The summed E-state index contributed by atoms with van der Waals surface area (Å²) in [6.45, 7) is 3.62. The van der Waals surface area contributed by atoms with Gasteiger partial charge in [-0.05, 0) is 19.8 Å². The molecule has 1 unspecified atom stereocenters. The quantitative estimate of drug-likeness (QED) is 0.854. The van der Waals surface area contributed by atoms with Crippen molar-refractivity contribution >= 4 is 28.7 Å². The van der Waals surface area contributed by atoms with Crippen molar-refractivity contribution in [2.24, 2.45) is 19.8 Å². The molecule has 0 amide bonds. The summed E-state index contributed by atoms with van der Waals surface area (Å²) in [6, 6.07) is 0.0610. The summed E-state index contributed by atoms with van der Waals surface area (Å²) in [4.78, 5) is 31.7. The van der Waals surface area contributed by atoms with Crippen LogP contribution in [0.2, 0.25) is 0 Å². The fourth-order valence-electron chi connectivity index (χ4n) is 3.26. The number of nitrogens with two attached hydrogens (primary N) is 1. The standard InChI is InChI=1S/C16H23ClN6O2/c1-4-10(17)8-23-12-13(20(2)16(25)21(3)14(12)24)19-15(23)22-7-5-6-11(18)9-22/h4,11H,5-9,18H2,1-3H3/b10-4-. The molecule has 136 valence electrons. The first-order chi connectivity index (χ1) is 11.8. The number of hydrogen-bond donors (Lipinski definition) is 1. The van der Waals surface area contributed by atoms with Gasteiger partial charge in [0.1, 0.15) is 0 Å². The van der Waals surface area contributed by atoms with E-state index in [1.54, 1.807) is 17.7 Å². The van der Waals surface area contributed by atoms with Gasteiger partial charge in [0, 0.05) is 38.3 Å². The molecule has 3 heterocycles. The highest BCUT2D eigenvalue weighted by atomic mass is 35.5. The number of anilines is 1. The third kappa shape index (κ3) is 3.00. The van der Waals surface area contributed by atoms with Crippen LogP contribution in [0.4, 0.5) is 5.95 Å². The highest BCUT2D eigenvalue weighted by Gasteiger charge is 2.25. The zero-order valence-corrected chi connectivity index (χ0v) is 15.5. The van der Waals surface area contributed by atoms with E-state index in [4.69, 9.17) is 17.3 Å². The molecule has 1 atom stereocenters. The summed E-state index contributed by atoms with van der Waals surface area (Å²) in [5.41, 5.74) is 6.06. The zero-order chi connectivity index (χ0) is 18.3. The second-order valence-electron chi connectivity index (χ2n) is 6.46. The van der Waals surface area contributed by atoms with Crippen molar-refractivity contribution in [2.45, 2.75) is 32.4 Å². The van der Waals surface area contributed by atoms with Gasteiger partial charge in [0.25, 0.3) is 5.56 Å². The minimum absolute atomic E-state index is 0.0610. The molecule has 0 bridgehead atoms. The number of hydrogen-bond acceptors (Lipinski definition) is 5. The molecule has 1 aliphatic heterocycles. The van der Waals surface area contributed by atoms with Crippen molar-refractivity contribution in [1.29, 1.82) is 0 Å². The molecule has 2 N–H and O–H groups in total. The Hall–Kier alpha value is -2.06. The van der Waals surface area contributed by atoms with Crippen LogP contribution in [0.5, 0.6) is 0 Å². The topological polar surface area (TPSA) is 91.1 Å². The molecule has 2 aromatic rings. The van der Waals surface area contributed by atoms with Crippen LogP contribution in [0.15, 0.2) is 20.7 Å². The van der Waals surface area contributed by atoms with E-state index in [0.29, 0.717) is 35.2 Å². The van der Waals surface area contributed by atoms with E-state index in [0.717, 1.165) is 24.0 Å². The normalized spacial score (nSPS) is 19.0. The molecule has 0 spiro atoms. The van der Waals surface area contributed by atoms with Crippen LogP contribution >= 0.6 is 11.6 Å². The van der Waals surface area contributed by atoms with Crippen molar-refractivity contribution in [3.63, 3.8) is 0 Å². The summed E-state index contributed by atoms with van der Waals surface area (Å²) in [5.74, 6) is 0.628. The summed E-state index contributed by atoms with van der Waals surface area (Å²) in [6.07, 6.45) is 3.71. The SMILES string of the molecule is C/C=C(\Cl)Cn1c(N2CCCC(N)C2)nc2c1c(=O)n(C)c(=O)n2C. The zero-order valence-electron chi connectivity index (χ0n) is 14.7. The maximum absolute atomic E-state index is 12.7. The second-order valence-corrected chi connectivity index (χ2v) is 6.95. The minimum Gasteiger partial charge on any atom is -0.341 e. The lowest BCUT2D eigenvalue weighted by Crippen LogP contribution is -2.44. The molecule has 8 nitrogen and oxygen atoms in total. The molecule has 25 heavy (non-hydrogen) atoms. The minimum atomic E-state index is -0.402. The van der Waals surface area contributed by atoms with E-state index in [2.05, 4.69) is 9.88 Å². The first-order valence-electron chi connectivity index (χ1n) is 8.32. The first kappa shape index (κ1) is 17.8. The Morgan fingerprint density at radius 1 is 1.36 bits per heavy atom. The van der Waals surface area contributed by atoms with Crippen LogP contribution in [0.3, 0.4) is 0 Å². The van der Waals surface area contributed by atoms with Crippen LogP contribution in [0, 0.1) is 0 Å². The molecule has 1 aliphatic rings. The molecular formula is C16H23ClN6O2. The van der Waals surface area contributed by atoms with Gasteiger partial charge in [0.15, 0.2) is 11.2 Å². The number of piperidine rings is 1. The molecule has 1 fully saturated rings. The fourth-order valence-corrected chi connectivity index (χ4v) is 3.38. The molecule has 0 saturated carbocycles. The van der Waals surface area contributed by atoms with Gasteiger partial charge < -0.3 is 10.6 Å². The monoisotopic (exact) mass is 366 g/mol. The van der Waals surface area contributed by atoms with E-state index in [1.807, 2.05) is 6.92 Å². The van der Waals surface area contributed by atoms with Gasteiger partial charge in [-0.1, -0.05) is 17.7 Å². The van der Waals surface area contributed by atoms with E-state index >= 15 is 0 Å². The Labute approximate surface area is 150 Å². The second kappa shape index (κ2) is 6.68. The number of halogens is 1. The third-order valence-corrected chi connectivity index (χ3v) is 5.03.